The van der Waals surface area contributed by atoms with Gasteiger partial charge in [0.2, 0.25) is 5.43 Å². The SMILES string of the molecule is CN(C(=O)OC(C)(C)C)c1cc(F)c(F)c2c1[nH]c1ncc(-c3cnc4c(c3)c(=O)c(C(=O)O)cn4C)c(N3CCC4(CC4N(C)C)C3)c12. The first kappa shape index (κ1) is 32.4. The van der Waals surface area contributed by atoms with Crippen LogP contribution in [0.25, 0.3) is 44.1 Å². The summed E-state index contributed by atoms with van der Waals surface area (Å²) < 4.78 is 38.7. The molecule has 1 aliphatic carbocycles. The molecule has 1 spiro atoms. The lowest BCUT2D eigenvalue weighted by molar-refractivity contribution is 0.0588. The van der Waals surface area contributed by atoms with Crippen molar-refractivity contribution in [1.29, 1.82) is 0 Å². The first-order valence-electron chi connectivity index (χ1n) is 15.9. The fourth-order valence-electron chi connectivity index (χ4n) is 7.40. The van der Waals surface area contributed by atoms with Gasteiger partial charge in [0.25, 0.3) is 0 Å². The smallest absolute Gasteiger partial charge is 0.414 e. The number of H-pyrrole nitrogens is 1. The van der Waals surface area contributed by atoms with E-state index in [9.17, 15) is 19.5 Å². The molecular weight excluding hydrogens is 636 g/mol. The zero-order chi connectivity index (χ0) is 35.3. The number of aromatic carboxylic acids is 1. The van der Waals surface area contributed by atoms with E-state index in [0.717, 1.165) is 23.8 Å². The molecule has 0 bridgehead atoms. The van der Waals surface area contributed by atoms with Crippen LogP contribution in [0.1, 0.15) is 44.0 Å². The molecule has 5 heterocycles. The molecule has 2 atom stereocenters. The number of hydrogen-bond acceptors (Lipinski definition) is 8. The zero-order valence-corrected chi connectivity index (χ0v) is 28.3. The Kier molecular flexibility index (Phi) is 7.25. The molecule has 14 heteroatoms. The van der Waals surface area contributed by atoms with Gasteiger partial charge in [-0.05, 0) is 53.8 Å². The van der Waals surface area contributed by atoms with Crippen molar-refractivity contribution in [2.45, 2.75) is 45.3 Å². The van der Waals surface area contributed by atoms with E-state index < -0.39 is 40.3 Å². The van der Waals surface area contributed by atoms with E-state index >= 15 is 8.78 Å². The summed E-state index contributed by atoms with van der Waals surface area (Å²) in [4.78, 5) is 56.1. The van der Waals surface area contributed by atoms with Gasteiger partial charge in [-0.1, -0.05) is 0 Å². The number of carboxylic acids is 1. The average Bonchev–Trinajstić information content (AvgIpc) is 3.37. The van der Waals surface area contributed by atoms with Gasteiger partial charge in [0.15, 0.2) is 11.6 Å². The van der Waals surface area contributed by atoms with Crippen LogP contribution in [0.5, 0.6) is 0 Å². The molecule has 2 aliphatic rings. The lowest BCUT2D eigenvalue weighted by atomic mass is 10.0. The summed E-state index contributed by atoms with van der Waals surface area (Å²) in [6.07, 6.45) is 5.51. The monoisotopic (exact) mass is 673 g/mol. The number of carbonyl (C=O) groups excluding carboxylic acids is 1. The number of ether oxygens (including phenoxy) is 1. The van der Waals surface area contributed by atoms with Gasteiger partial charge in [0, 0.05) is 74.4 Å². The van der Waals surface area contributed by atoms with Gasteiger partial charge in [0.05, 0.1) is 33.1 Å². The lowest BCUT2D eigenvalue weighted by Crippen LogP contribution is -2.34. The summed E-state index contributed by atoms with van der Waals surface area (Å²) >= 11 is 0. The van der Waals surface area contributed by atoms with Gasteiger partial charge in [-0.25, -0.2) is 28.3 Å². The third-order valence-electron chi connectivity index (χ3n) is 9.80. The van der Waals surface area contributed by atoms with Crippen molar-refractivity contribution in [1.82, 2.24) is 24.4 Å². The largest absolute Gasteiger partial charge is 0.477 e. The number of nitrogens with zero attached hydrogens (tertiary/aromatic N) is 6. The maximum Gasteiger partial charge on any atom is 0.414 e. The topological polar surface area (TPSA) is 137 Å². The van der Waals surface area contributed by atoms with Crippen molar-refractivity contribution < 1.29 is 28.2 Å². The molecule has 256 valence electrons. The number of fused-ring (bicyclic) bond motifs is 4. The Bertz CT molecular complexity index is 2290. The molecule has 1 aliphatic heterocycles. The number of aryl methyl sites for hydroxylation is 1. The van der Waals surface area contributed by atoms with Crippen LogP contribution < -0.4 is 15.2 Å². The first-order valence-corrected chi connectivity index (χ1v) is 15.9. The maximum atomic E-state index is 16.1. The predicted octanol–water partition coefficient (Wildman–Crippen LogP) is 5.51. The average molecular weight is 674 g/mol. The van der Waals surface area contributed by atoms with Crippen LogP contribution in [-0.2, 0) is 11.8 Å². The summed E-state index contributed by atoms with van der Waals surface area (Å²) in [7, 11) is 7.13. The Morgan fingerprint density at radius 2 is 1.86 bits per heavy atom. The number of anilines is 2. The molecule has 0 radical (unpaired) electrons. The van der Waals surface area contributed by atoms with Crippen molar-refractivity contribution in [3.63, 3.8) is 0 Å². The van der Waals surface area contributed by atoms with E-state index in [1.54, 1.807) is 46.3 Å². The van der Waals surface area contributed by atoms with Crippen LogP contribution in [0.4, 0.5) is 25.0 Å². The second-order valence-electron chi connectivity index (χ2n) is 14.5. The Balaban J connectivity index is 1.50. The number of hydrogen-bond donors (Lipinski definition) is 2. The summed E-state index contributed by atoms with van der Waals surface area (Å²) in [5.74, 6) is -3.62. The molecule has 2 unspecified atom stereocenters. The van der Waals surface area contributed by atoms with Crippen molar-refractivity contribution in [3.8, 4) is 11.1 Å². The van der Waals surface area contributed by atoms with Crippen molar-refractivity contribution >= 4 is 56.4 Å². The molecule has 49 heavy (non-hydrogen) atoms. The molecular formula is C35H37F2N7O5. The molecule has 4 aromatic heterocycles. The number of amides is 1. The molecule has 1 aromatic carbocycles. The third kappa shape index (κ3) is 5.16. The van der Waals surface area contributed by atoms with Gasteiger partial charge >= 0.3 is 12.1 Å². The number of carbonyl (C=O) groups is 2. The van der Waals surface area contributed by atoms with E-state index in [2.05, 4.69) is 24.8 Å². The summed E-state index contributed by atoms with van der Waals surface area (Å²) in [6, 6.07) is 2.89. The highest BCUT2D eigenvalue weighted by Gasteiger charge is 2.58. The van der Waals surface area contributed by atoms with E-state index in [4.69, 9.17) is 4.74 Å². The van der Waals surface area contributed by atoms with Crippen LogP contribution in [0.2, 0.25) is 0 Å². The number of pyridine rings is 3. The molecule has 2 N–H and O–H groups in total. The molecule has 12 nitrogen and oxygen atoms in total. The van der Waals surface area contributed by atoms with Gasteiger partial charge in [0.1, 0.15) is 22.5 Å². The molecule has 1 amide bonds. The number of carboxylic acid groups (broad SMARTS) is 1. The van der Waals surface area contributed by atoms with E-state index in [1.165, 1.54) is 17.8 Å². The van der Waals surface area contributed by atoms with E-state index in [0.29, 0.717) is 41.3 Å². The number of nitrogens with one attached hydrogen (secondary N) is 1. The second kappa shape index (κ2) is 11.0. The standard InChI is InChI=1S/C35H37F2N7O5/c1-34(2,3)49-33(48)43(7)22-11-21(36)26(37)24-25-28(44-9-8-35(16-44)12-23(35)41(4)5)19(14-38-30(25)40-27(22)24)17-10-18-29(45)20(32(46)47)15-42(6)31(18)39-13-17/h10-11,13-15,23H,8-9,12,16H2,1-7H3,(H,38,40)(H,46,47). The fourth-order valence-corrected chi connectivity index (χ4v) is 7.40. The van der Waals surface area contributed by atoms with Crippen molar-refractivity contribution in [3.05, 3.63) is 58.1 Å². The summed E-state index contributed by atoms with van der Waals surface area (Å²) in [6.45, 7) is 6.40. The quantitative estimate of drug-likeness (QED) is 0.248. The van der Waals surface area contributed by atoms with E-state index in [1.807, 2.05) is 14.1 Å². The van der Waals surface area contributed by atoms with Gasteiger partial charge in [-0.2, -0.15) is 0 Å². The first-order chi connectivity index (χ1) is 23.0. The van der Waals surface area contributed by atoms with E-state index in [-0.39, 0.29) is 38.7 Å². The predicted molar refractivity (Wildman–Crippen MR) is 182 cm³/mol. The Labute approximate surface area is 279 Å². The Morgan fingerprint density at radius 1 is 1.12 bits per heavy atom. The summed E-state index contributed by atoms with van der Waals surface area (Å²) in [5.41, 5.74) is 0.428. The highest BCUT2D eigenvalue weighted by molar-refractivity contribution is 6.19. The Hall–Kier alpha value is -5.11. The highest BCUT2D eigenvalue weighted by Crippen LogP contribution is 2.57. The molecule has 2 fully saturated rings. The number of rotatable bonds is 5. The number of aromatic amines is 1. The zero-order valence-electron chi connectivity index (χ0n) is 28.3. The molecule has 7 rings (SSSR count). The number of aromatic nitrogens is 4. The van der Waals surface area contributed by atoms with Crippen molar-refractivity contribution in [2.75, 3.05) is 44.0 Å². The molecule has 1 saturated heterocycles. The normalized spacial score (nSPS) is 19.1. The number of halogens is 2. The second-order valence-corrected chi connectivity index (χ2v) is 14.5. The lowest BCUT2D eigenvalue weighted by Gasteiger charge is -2.25. The summed E-state index contributed by atoms with van der Waals surface area (Å²) in [5, 5.41) is 10.0. The molecule has 1 saturated carbocycles. The minimum atomic E-state index is -1.36. The third-order valence-corrected chi connectivity index (χ3v) is 9.80. The van der Waals surface area contributed by atoms with Crippen molar-refractivity contribution in [2.24, 2.45) is 12.5 Å². The van der Waals surface area contributed by atoms with Crippen LogP contribution >= 0.6 is 0 Å². The fraction of sp³-hybridized carbons (Fsp3) is 0.400. The van der Waals surface area contributed by atoms with Gasteiger partial charge in [-0.15, -0.1) is 0 Å². The van der Waals surface area contributed by atoms with Crippen LogP contribution in [-0.4, -0.2) is 87.5 Å². The maximum absolute atomic E-state index is 16.1. The number of benzene rings is 1. The van der Waals surface area contributed by atoms with Crippen LogP contribution in [0.3, 0.4) is 0 Å². The minimum absolute atomic E-state index is 0.0162. The minimum Gasteiger partial charge on any atom is -0.477 e. The van der Waals surface area contributed by atoms with Crippen LogP contribution in [0.15, 0.2) is 35.5 Å². The highest BCUT2D eigenvalue weighted by atomic mass is 19.2. The van der Waals surface area contributed by atoms with Gasteiger partial charge < -0.3 is 29.2 Å². The van der Waals surface area contributed by atoms with Gasteiger partial charge in [-0.3, -0.25) is 9.69 Å². The van der Waals surface area contributed by atoms with Crippen LogP contribution in [0, 0.1) is 17.0 Å². The Morgan fingerprint density at radius 3 is 2.51 bits per heavy atom. The molecule has 5 aromatic rings.